The third-order valence-corrected chi connectivity index (χ3v) is 1.52. The van der Waals surface area contributed by atoms with Gasteiger partial charge < -0.3 is 4.90 Å². The Kier molecular flexibility index (Phi) is 5.64. The van der Waals surface area contributed by atoms with E-state index in [2.05, 4.69) is 0 Å². The van der Waals surface area contributed by atoms with Crippen LogP contribution in [0.2, 0.25) is 0 Å². The maximum absolute atomic E-state index is 11.0. The molecular weight excluding hydrogens is 194 g/mol. The Balaban J connectivity index is 3.83. The Morgan fingerprint density at radius 3 is 2.69 bits per heavy atom. The molecule has 13 heavy (non-hydrogen) atoms. The molecule has 0 aromatic rings. The van der Waals surface area contributed by atoms with Crippen LogP contribution in [0.3, 0.4) is 0 Å². The van der Waals surface area contributed by atoms with E-state index in [1.54, 1.807) is 0 Å². The molecule has 0 saturated carbocycles. The van der Waals surface area contributed by atoms with Crippen molar-refractivity contribution >= 4 is 23.5 Å². The zero-order valence-corrected chi connectivity index (χ0v) is 7.97. The van der Waals surface area contributed by atoms with Crippen molar-refractivity contribution < 1.29 is 9.59 Å². The van der Waals surface area contributed by atoms with Gasteiger partial charge in [0.15, 0.2) is 0 Å². The first-order valence-electron chi connectivity index (χ1n) is 3.59. The predicted molar refractivity (Wildman–Crippen MR) is 47.1 cm³/mol. The highest BCUT2D eigenvalue weighted by Gasteiger charge is 2.10. The Bertz CT molecular complexity index is 236. The van der Waals surface area contributed by atoms with Gasteiger partial charge in [-0.05, 0) is 0 Å². The largest absolute Gasteiger partial charge is 0.326 e. The standard InChI is InChI=1S/C7H10ClN3O2/c1-11(4-2-3-9)7(13)10-6(12)5-8/h2,4-5H2,1H3,(H,10,12,13). The lowest BCUT2D eigenvalue weighted by molar-refractivity contribution is -0.117. The van der Waals surface area contributed by atoms with Crippen LogP contribution < -0.4 is 5.32 Å². The van der Waals surface area contributed by atoms with Gasteiger partial charge in [0.25, 0.3) is 0 Å². The van der Waals surface area contributed by atoms with Crippen molar-refractivity contribution in [3.63, 3.8) is 0 Å². The fourth-order valence-electron chi connectivity index (χ4n) is 0.567. The summed E-state index contributed by atoms with van der Waals surface area (Å²) in [6, 6.07) is 1.35. The molecule has 0 bridgehead atoms. The third kappa shape index (κ3) is 5.04. The molecule has 0 heterocycles. The molecule has 0 aromatic heterocycles. The summed E-state index contributed by atoms with van der Waals surface area (Å²) in [5.74, 6) is -0.798. The Hall–Kier alpha value is -1.28. The molecule has 0 aliphatic heterocycles. The van der Waals surface area contributed by atoms with Gasteiger partial charge in [0.1, 0.15) is 5.88 Å². The van der Waals surface area contributed by atoms with Crippen molar-refractivity contribution in [1.29, 1.82) is 5.26 Å². The smallest absolute Gasteiger partial charge is 0.323 e. The number of nitrogens with one attached hydrogen (secondary N) is 1. The fourth-order valence-corrected chi connectivity index (χ4v) is 0.634. The molecule has 5 nitrogen and oxygen atoms in total. The normalized spacial score (nSPS) is 8.69. The summed E-state index contributed by atoms with van der Waals surface area (Å²) in [6.07, 6.45) is 0.235. The molecule has 0 unspecified atom stereocenters. The van der Waals surface area contributed by atoms with E-state index in [1.165, 1.54) is 11.9 Å². The highest BCUT2D eigenvalue weighted by Crippen LogP contribution is 1.87. The number of urea groups is 1. The minimum absolute atomic E-state index is 0.235. The van der Waals surface area contributed by atoms with Crippen LogP contribution in [-0.4, -0.2) is 36.3 Å². The summed E-state index contributed by atoms with van der Waals surface area (Å²) in [7, 11) is 1.49. The van der Waals surface area contributed by atoms with E-state index in [0.717, 1.165) is 0 Å². The maximum atomic E-state index is 11.0. The van der Waals surface area contributed by atoms with Gasteiger partial charge in [-0.3, -0.25) is 10.1 Å². The average Bonchev–Trinajstić information content (AvgIpc) is 2.13. The summed E-state index contributed by atoms with van der Waals surface area (Å²) in [6.45, 7) is 0.290. The maximum Gasteiger partial charge on any atom is 0.323 e. The number of halogens is 1. The van der Waals surface area contributed by atoms with Gasteiger partial charge in [-0.2, -0.15) is 5.26 Å². The first-order valence-corrected chi connectivity index (χ1v) is 4.13. The van der Waals surface area contributed by atoms with E-state index < -0.39 is 11.9 Å². The van der Waals surface area contributed by atoms with Crippen molar-refractivity contribution in [1.82, 2.24) is 10.2 Å². The molecule has 0 saturated heterocycles. The number of rotatable bonds is 3. The second-order valence-corrected chi connectivity index (χ2v) is 2.58. The number of carbonyl (C=O) groups excluding carboxylic acids is 2. The van der Waals surface area contributed by atoms with Crippen molar-refractivity contribution in [2.24, 2.45) is 0 Å². The first kappa shape index (κ1) is 11.7. The van der Waals surface area contributed by atoms with Gasteiger partial charge in [-0.15, -0.1) is 11.6 Å². The van der Waals surface area contributed by atoms with E-state index in [9.17, 15) is 9.59 Å². The van der Waals surface area contributed by atoms with Crippen LogP contribution in [0.1, 0.15) is 6.42 Å². The number of hydrogen-bond acceptors (Lipinski definition) is 3. The van der Waals surface area contributed by atoms with Crippen LogP contribution in [0.5, 0.6) is 0 Å². The molecule has 0 fully saturated rings. The number of amides is 3. The van der Waals surface area contributed by atoms with E-state index in [1.807, 2.05) is 11.4 Å². The molecule has 0 aromatic carbocycles. The first-order chi connectivity index (χ1) is 6.11. The Morgan fingerprint density at radius 2 is 2.23 bits per heavy atom. The third-order valence-electron chi connectivity index (χ3n) is 1.27. The number of imide groups is 1. The van der Waals surface area contributed by atoms with Crippen LogP contribution >= 0.6 is 11.6 Å². The second-order valence-electron chi connectivity index (χ2n) is 2.32. The summed E-state index contributed by atoms with van der Waals surface area (Å²) >= 11 is 5.17. The van der Waals surface area contributed by atoms with Gasteiger partial charge in [0, 0.05) is 13.6 Å². The molecule has 6 heteroatoms. The van der Waals surface area contributed by atoms with Gasteiger partial charge in [-0.25, -0.2) is 4.79 Å². The number of nitrogens with zero attached hydrogens (tertiary/aromatic N) is 2. The second kappa shape index (κ2) is 6.26. The minimum Gasteiger partial charge on any atom is -0.326 e. The van der Waals surface area contributed by atoms with Gasteiger partial charge >= 0.3 is 6.03 Å². The van der Waals surface area contributed by atoms with Gasteiger partial charge in [0.2, 0.25) is 5.91 Å². The van der Waals surface area contributed by atoms with Crippen molar-refractivity contribution in [2.45, 2.75) is 6.42 Å². The van der Waals surface area contributed by atoms with Crippen molar-refractivity contribution in [3.05, 3.63) is 0 Å². The quantitative estimate of drug-likeness (QED) is 0.671. The SMILES string of the molecule is CN(CCC#N)C(=O)NC(=O)CCl. The molecule has 3 amide bonds. The van der Waals surface area contributed by atoms with E-state index in [-0.39, 0.29) is 18.8 Å². The van der Waals surface area contributed by atoms with Crippen LogP contribution in [-0.2, 0) is 4.79 Å². The Morgan fingerprint density at radius 1 is 1.62 bits per heavy atom. The summed E-state index contributed by atoms with van der Waals surface area (Å²) in [5.41, 5.74) is 0. The van der Waals surface area contributed by atoms with E-state index >= 15 is 0 Å². The van der Waals surface area contributed by atoms with Crippen LogP contribution in [0.25, 0.3) is 0 Å². The number of nitriles is 1. The number of carbonyl (C=O) groups is 2. The lowest BCUT2D eigenvalue weighted by atomic mass is 10.4. The van der Waals surface area contributed by atoms with Crippen LogP contribution in [0.15, 0.2) is 0 Å². The lowest BCUT2D eigenvalue weighted by Crippen LogP contribution is -2.41. The molecule has 0 radical (unpaired) electrons. The molecule has 0 atom stereocenters. The molecule has 72 valence electrons. The number of hydrogen-bond donors (Lipinski definition) is 1. The van der Waals surface area contributed by atoms with Crippen molar-refractivity contribution in [3.8, 4) is 6.07 Å². The van der Waals surface area contributed by atoms with E-state index in [4.69, 9.17) is 16.9 Å². The van der Waals surface area contributed by atoms with E-state index in [0.29, 0.717) is 0 Å². The monoisotopic (exact) mass is 203 g/mol. The average molecular weight is 204 g/mol. The van der Waals surface area contributed by atoms with Crippen LogP contribution in [0.4, 0.5) is 4.79 Å². The lowest BCUT2D eigenvalue weighted by Gasteiger charge is -2.14. The Labute approximate surface area is 81.3 Å². The highest BCUT2D eigenvalue weighted by molar-refractivity contribution is 6.28. The zero-order chi connectivity index (χ0) is 10.3. The number of alkyl halides is 1. The molecule has 1 N–H and O–H groups in total. The zero-order valence-electron chi connectivity index (χ0n) is 7.21. The topological polar surface area (TPSA) is 73.2 Å². The highest BCUT2D eigenvalue weighted by atomic mass is 35.5. The molecule has 0 aliphatic carbocycles. The summed E-state index contributed by atoms with van der Waals surface area (Å²) in [5, 5.41) is 10.3. The van der Waals surface area contributed by atoms with Crippen molar-refractivity contribution in [2.75, 3.05) is 19.5 Å². The molecular formula is C7H10ClN3O2. The molecule has 0 rings (SSSR count). The predicted octanol–water partition coefficient (Wildman–Crippen LogP) is 0.307. The summed E-state index contributed by atoms with van der Waals surface area (Å²) < 4.78 is 0. The fraction of sp³-hybridized carbons (Fsp3) is 0.571. The van der Waals surface area contributed by atoms with Crippen LogP contribution in [0, 0.1) is 11.3 Å². The molecule has 0 spiro atoms. The molecule has 0 aliphatic rings. The minimum atomic E-state index is -0.546. The summed E-state index contributed by atoms with van der Waals surface area (Å²) in [4.78, 5) is 22.9. The van der Waals surface area contributed by atoms with Gasteiger partial charge in [-0.1, -0.05) is 0 Å². The van der Waals surface area contributed by atoms with Gasteiger partial charge in [0.05, 0.1) is 12.5 Å².